The fraction of sp³-hybridized carbons (Fsp3) is 0.533. The number of rotatable bonds is 4. The van der Waals surface area contributed by atoms with Crippen molar-refractivity contribution in [3.05, 3.63) is 29.6 Å². The zero-order valence-corrected chi connectivity index (χ0v) is 12.2. The molecule has 2 rings (SSSR count). The standard InChI is InChI=1S/C15H21N3O3/c1-2-11-5-3-7-16-13(11)9-17-15(21)18-8-4-6-12(10-18)14(19)20/h3,5,7,12H,2,4,6,8-10H2,1H3,(H,17,21)(H,19,20). The van der Waals surface area contributed by atoms with E-state index < -0.39 is 11.9 Å². The molecule has 1 aromatic heterocycles. The molecule has 0 aliphatic carbocycles. The smallest absolute Gasteiger partial charge is 0.317 e. The van der Waals surface area contributed by atoms with E-state index >= 15 is 0 Å². The van der Waals surface area contributed by atoms with Crippen LogP contribution < -0.4 is 5.32 Å². The van der Waals surface area contributed by atoms with E-state index in [-0.39, 0.29) is 12.6 Å². The number of aryl methyl sites for hydroxylation is 1. The van der Waals surface area contributed by atoms with Crippen molar-refractivity contribution in [2.45, 2.75) is 32.7 Å². The molecule has 1 aliphatic rings. The number of urea groups is 1. The first-order chi connectivity index (χ1) is 10.1. The van der Waals surface area contributed by atoms with E-state index in [2.05, 4.69) is 10.3 Å². The Bertz CT molecular complexity index is 519. The summed E-state index contributed by atoms with van der Waals surface area (Å²) in [6.07, 6.45) is 3.94. The van der Waals surface area contributed by atoms with E-state index in [1.807, 2.05) is 19.1 Å². The first-order valence-electron chi connectivity index (χ1n) is 7.30. The lowest BCUT2D eigenvalue weighted by molar-refractivity contribution is -0.143. The number of aliphatic carboxylic acids is 1. The average molecular weight is 291 g/mol. The number of nitrogens with zero attached hydrogens (tertiary/aromatic N) is 2. The molecule has 1 aliphatic heterocycles. The monoisotopic (exact) mass is 291 g/mol. The van der Waals surface area contributed by atoms with E-state index in [9.17, 15) is 9.59 Å². The summed E-state index contributed by atoms with van der Waals surface area (Å²) in [5.41, 5.74) is 1.97. The highest BCUT2D eigenvalue weighted by Crippen LogP contribution is 2.16. The van der Waals surface area contributed by atoms with Crippen molar-refractivity contribution in [2.24, 2.45) is 5.92 Å². The van der Waals surface area contributed by atoms with Gasteiger partial charge < -0.3 is 15.3 Å². The highest BCUT2D eigenvalue weighted by Gasteiger charge is 2.27. The van der Waals surface area contributed by atoms with Crippen molar-refractivity contribution in [1.29, 1.82) is 0 Å². The van der Waals surface area contributed by atoms with Crippen LogP contribution in [0.2, 0.25) is 0 Å². The molecular formula is C15H21N3O3. The van der Waals surface area contributed by atoms with E-state index in [1.165, 1.54) is 0 Å². The molecule has 0 saturated carbocycles. The Labute approximate surface area is 124 Å². The average Bonchev–Trinajstić information content (AvgIpc) is 2.52. The van der Waals surface area contributed by atoms with Gasteiger partial charge >= 0.3 is 12.0 Å². The molecule has 0 bridgehead atoms. The molecule has 1 atom stereocenters. The summed E-state index contributed by atoms with van der Waals surface area (Å²) in [4.78, 5) is 29.0. The van der Waals surface area contributed by atoms with Gasteiger partial charge in [-0.3, -0.25) is 9.78 Å². The summed E-state index contributed by atoms with van der Waals surface area (Å²) < 4.78 is 0. The van der Waals surface area contributed by atoms with Gasteiger partial charge in [-0.25, -0.2) is 4.79 Å². The molecule has 0 radical (unpaired) electrons. The van der Waals surface area contributed by atoms with Gasteiger partial charge in [-0.15, -0.1) is 0 Å². The van der Waals surface area contributed by atoms with Gasteiger partial charge in [0.1, 0.15) is 0 Å². The minimum absolute atomic E-state index is 0.214. The van der Waals surface area contributed by atoms with E-state index in [0.29, 0.717) is 19.5 Å². The second-order valence-corrected chi connectivity index (χ2v) is 5.24. The normalized spacial score (nSPS) is 18.3. The summed E-state index contributed by atoms with van der Waals surface area (Å²) in [6, 6.07) is 3.66. The predicted molar refractivity (Wildman–Crippen MR) is 77.8 cm³/mol. The van der Waals surface area contributed by atoms with Crippen molar-refractivity contribution in [2.75, 3.05) is 13.1 Å². The summed E-state index contributed by atoms with van der Waals surface area (Å²) >= 11 is 0. The number of likely N-dealkylation sites (tertiary alicyclic amines) is 1. The first kappa shape index (κ1) is 15.3. The molecule has 1 unspecified atom stereocenters. The highest BCUT2D eigenvalue weighted by molar-refractivity contribution is 5.76. The topological polar surface area (TPSA) is 82.5 Å². The van der Waals surface area contributed by atoms with Gasteiger partial charge in [0.15, 0.2) is 0 Å². The molecule has 2 N–H and O–H groups in total. The summed E-state index contributed by atoms with van der Waals surface area (Å²) in [7, 11) is 0. The van der Waals surface area contributed by atoms with Crippen LogP contribution in [0.3, 0.4) is 0 Å². The van der Waals surface area contributed by atoms with Crippen molar-refractivity contribution in [3.8, 4) is 0 Å². The van der Waals surface area contributed by atoms with Gasteiger partial charge in [-0.1, -0.05) is 13.0 Å². The minimum Gasteiger partial charge on any atom is -0.481 e. The minimum atomic E-state index is -0.828. The zero-order valence-electron chi connectivity index (χ0n) is 12.2. The molecule has 2 amide bonds. The van der Waals surface area contributed by atoms with Crippen molar-refractivity contribution in [3.63, 3.8) is 0 Å². The van der Waals surface area contributed by atoms with Crippen LogP contribution in [0.5, 0.6) is 0 Å². The molecule has 6 nitrogen and oxygen atoms in total. The number of carboxylic acid groups (broad SMARTS) is 1. The lowest BCUT2D eigenvalue weighted by Gasteiger charge is -2.30. The number of carbonyl (C=O) groups is 2. The molecular weight excluding hydrogens is 270 g/mol. The largest absolute Gasteiger partial charge is 0.481 e. The number of aromatic nitrogens is 1. The SMILES string of the molecule is CCc1cccnc1CNC(=O)N1CCCC(C(=O)O)C1. The third kappa shape index (κ3) is 3.93. The molecule has 1 fully saturated rings. The van der Waals surface area contributed by atoms with E-state index in [1.54, 1.807) is 11.1 Å². The lowest BCUT2D eigenvalue weighted by Crippen LogP contribution is -2.46. The molecule has 0 spiro atoms. The number of nitrogens with one attached hydrogen (secondary N) is 1. The van der Waals surface area contributed by atoms with Crippen molar-refractivity contribution in [1.82, 2.24) is 15.2 Å². The second kappa shape index (κ2) is 7.06. The first-order valence-corrected chi connectivity index (χ1v) is 7.30. The fourth-order valence-corrected chi connectivity index (χ4v) is 2.59. The lowest BCUT2D eigenvalue weighted by atomic mass is 9.99. The number of carbonyl (C=O) groups excluding carboxylic acids is 1. The van der Waals surface area contributed by atoms with Crippen LogP contribution in [0.1, 0.15) is 31.0 Å². The van der Waals surface area contributed by atoms with Crippen LogP contribution in [-0.2, 0) is 17.8 Å². The Hall–Kier alpha value is -2.11. The van der Waals surface area contributed by atoms with Gasteiger partial charge in [0, 0.05) is 19.3 Å². The second-order valence-electron chi connectivity index (χ2n) is 5.24. The molecule has 2 heterocycles. The maximum absolute atomic E-state index is 12.1. The quantitative estimate of drug-likeness (QED) is 0.883. The van der Waals surface area contributed by atoms with Crippen LogP contribution in [0.25, 0.3) is 0 Å². The Balaban J connectivity index is 1.91. The molecule has 21 heavy (non-hydrogen) atoms. The third-order valence-electron chi connectivity index (χ3n) is 3.83. The van der Waals surface area contributed by atoms with Gasteiger partial charge in [0.25, 0.3) is 0 Å². The van der Waals surface area contributed by atoms with Gasteiger partial charge in [-0.2, -0.15) is 0 Å². The maximum atomic E-state index is 12.1. The van der Waals surface area contributed by atoms with E-state index in [4.69, 9.17) is 5.11 Å². The van der Waals surface area contributed by atoms with Crippen LogP contribution in [0.15, 0.2) is 18.3 Å². The number of pyridine rings is 1. The van der Waals surface area contributed by atoms with Gasteiger partial charge in [-0.05, 0) is 30.9 Å². The van der Waals surface area contributed by atoms with Crippen molar-refractivity contribution >= 4 is 12.0 Å². The molecule has 0 aromatic carbocycles. The molecule has 6 heteroatoms. The Kier molecular flexibility index (Phi) is 5.14. The maximum Gasteiger partial charge on any atom is 0.317 e. The third-order valence-corrected chi connectivity index (χ3v) is 3.83. The predicted octanol–water partition coefficient (Wildman–Crippen LogP) is 1.65. The highest BCUT2D eigenvalue weighted by atomic mass is 16.4. The van der Waals surface area contributed by atoms with Crippen LogP contribution in [0.4, 0.5) is 4.79 Å². The summed E-state index contributed by atoms with van der Waals surface area (Å²) in [5, 5.41) is 11.9. The van der Waals surface area contributed by atoms with Crippen molar-refractivity contribution < 1.29 is 14.7 Å². The van der Waals surface area contributed by atoms with Crippen LogP contribution in [0, 0.1) is 5.92 Å². The van der Waals surface area contributed by atoms with Gasteiger partial charge in [0.2, 0.25) is 0 Å². The van der Waals surface area contributed by atoms with Crippen LogP contribution >= 0.6 is 0 Å². The van der Waals surface area contributed by atoms with E-state index in [0.717, 1.165) is 24.1 Å². The number of piperidine rings is 1. The zero-order chi connectivity index (χ0) is 15.2. The Morgan fingerprint density at radius 1 is 1.52 bits per heavy atom. The molecule has 1 saturated heterocycles. The number of carboxylic acids is 1. The van der Waals surface area contributed by atoms with Crippen LogP contribution in [-0.4, -0.2) is 40.1 Å². The summed E-state index contributed by atoms with van der Waals surface area (Å²) in [6.45, 7) is 3.31. The summed E-state index contributed by atoms with van der Waals surface area (Å²) in [5.74, 6) is -1.28. The number of amides is 2. The van der Waals surface area contributed by atoms with Gasteiger partial charge in [0.05, 0.1) is 18.2 Å². The number of hydrogen-bond donors (Lipinski definition) is 2. The molecule has 114 valence electrons. The fourth-order valence-electron chi connectivity index (χ4n) is 2.59. The Morgan fingerprint density at radius 2 is 2.33 bits per heavy atom. The number of hydrogen-bond acceptors (Lipinski definition) is 3. The molecule has 1 aromatic rings. The Morgan fingerprint density at radius 3 is 3.05 bits per heavy atom.